The molecule has 16 heavy (non-hydrogen) atoms. The Morgan fingerprint density at radius 1 is 1.25 bits per heavy atom. The zero-order valence-corrected chi connectivity index (χ0v) is 12.5. The number of hydrogen-bond acceptors (Lipinski definition) is 0. The van der Waals surface area contributed by atoms with Crippen LogP contribution in [0.5, 0.6) is 0 Å². The molecule has 0 aliphatic heterocycles. The van der Waals surface area contributed by atoms with Crippen molar-refractivity contribution in [1.29, 1.82) is 0 Å². The molecule has 1 aliphatic carbocycles. The van der Waals surface area contributed by atoms with Crippen molar-refractivity contribution >= 4 is 0 Å². The maximum Gasteiger partial charge on any atom is 3.00 e. The Hall–Kier alpha value is -0.617. The van der Waals surface area contributed by atoms with Gasteiger partial charge in [0.2, 0.25) is 0 Å². The monoisotopic (exact) mass is 304 g/mol. The first-order valence-electron chi connectivity index (χ1n) is 4.86. The maximum atomic E-state index is 3.19. The van der Waals surface area contributed by atoms with Gasteiger partial charge in [-0.05, 0) is 7.05 Å². The van der Waals surface area contributed by atoms with Crippen LogP contribution in [-0.2, 0) is 26.5 Å². The van der Waals surface area contributed by atoms with Crippen LogP contribution in [-0.4, -0.2) is 4.57 Å². The Balaban J connectivity index is 0. The van der Waals surface area contributed by atoms with E-state index in [2.05, 4.69) is 39.1 Å². The molecule has 0 N–H and O–H groups in total. The van der Waals surface area contributed by atoms with Gasteiger partial charge in [0, 0.05) is 0 Å². The van der Waals surface area contributed by atoms with Gasteiger partial charge < -0.3 is 12.0 Å². The van der Waals surface area contributed by atoms with Crippen molar-refractivity contribution in [2.45, 2.75) is 27.2 Å². The van der Waals surface area contributed by atoms with Crippen LogP contribution < -0.4 is 0 Å². The third kappa shape index (κ3) is 4.94. The largest absolute Gasteiger partial charge is 3.00 e. The van der Waals surface area contributed by atoms with Gasteiger partial charge in [0.1, 0.15) is 0 Å². The van der Waals surface area contributed by atoms with Crippen LogP contribution in [0.25, 0.3) is 0 Å². The van der Waals surface area contributed by atoms with Gasteiger partial charge in [-0.3, -0.25) is 6.08 Å². The molecule has 1 radical (unpaired) electrons. The van der Waals surface area contributed by atoms with Gasteiger partial charge >= 0.3 is 19.5 Å². The normalized spacial score (nSPS) is 11.2. The van der Waals surface area contributed by atoms with E-state index in [1.54, 1.807) is 0 Å². The summed E-state index contributed by atoms with van der Waals surface area (Å²) in [7, 11) is 2.02. The van der Waals surface area contributed by atoms with Crippen LogP contribution in [0.15, 0.2) is 18.2 Å². The predicted molar refractivity (Wildman–Crippen MR) is 66.4 cm³/mol. The fraction of sp³-hybridized carbons (Fsp3) is 0.357. The minimum Gasteiger partial charge on any atom is -0.470 e. The predicted octanol–water partition coefficient (Wildman–Crippen LogP) is 3.50. The van der Waals surface area contributed by atoms with E-state index >= 15 is 0 Å². The van der Waals surface area contributed by atoms with Crippen molar-refractivity contribution in [1.82, 2.24) is 4.57 Å². The Bertz CT molecular complexity index is 327. The van der Waals surface area contributed by atoms with E-state index in [0.29, 0.717) is 0 Å². The van der Waals surface area contributed by atoms with E-state index in [1.807, 2.05) is 23.8 Å². The van der Waals surface area contributed by atoms with Crippen LogP contribution in [0, 0.1) is 40.5 Å². The van der Waals surface area contributed by atoms with Crippen LogP contribution >= 0.6 is 0 Å². The van der Waals surface area contributed by atoms with Gasteiger partial charge in [-0.1, -0.05) is 20.8 Å². The molecule has 0 bridgehead atoms. The Kier molecular flexibility index (Phi) is 9.47. The van der Waals surface area contributed by atoms with Crippen molar-refractivity contribution in [3.8, 4) is 0 Å². The Labute approximate surface area is 113 Å². The Morgan fingerprint density at radius 3 is 2.00 bits per heavy atom. The molecule has 0 spiro atoms. The number of hydrogen-bond donors (Lipinski definition) is 0. The van der Waals surface area contributed by atoms with Gasteiger partial charge in [-0.25, -0.2) is 12.2 Å². The van der Waals surface area contributed by atoms with Crippen LogP contribution in [0.1, 0.15) is 23.2 Å². The minimum atomic E-state index is 0. The molecule has 0 saturated heterocycles. The SMILES string of the molecule is Cc1[c-]n(C)c(C)c1C.[C-]1=CC=CC1.[CH3-].[Ru+3]. The summed E-state index contributed by atoms with van der Waals surface area (Å²) in [6.45, 7) is 6.32. The third-order valence-corrected chi connectivity index (χ3v) is 2.53. The van der Waals surface area contributed by atoms with Gasteiger partial charge in [-0.2, -0.15) is 17.2 Å². The summed E-state index contributed by atoms with van der Waals surface area (Å²) >= 11 is 0. The molecule has 0 amide bonds. The number of aryl methyl sites for hydroxylation is 2. The van der Waals surface area contributed by atoms with Gasteiger partial charge in [0.25, 0.3) is 0 Å². The molecule has 1 aliphatic rings. The quantitative estimate of drug-likeness (QED) is 0.510. The fourth-order valence-corrected chi connectivity index (χ4v) is 1.28. The van der Waals surface area contributed by atoms with Crippen molar-refractivity contribution < 1.29 is 19.5 Å². The van der Waals surface area contributed by atoms with Crippen molar-refractivity contribution in [3.05, 3.63) is 54.7 Å². The summed E-state index contributed by atoms with van der Waals surface area (Å²) in [6, 6.07) is 0. The summed E-state index contributed by atoms with van der Waals surface area (Å²) in [5, 5.41) is 0. The molecular weight excluding hydrogens is 283 g/mol. The van der Waals surface area contributed by atoms with Crippen molar-refractivity contribution in [3.63, 3.8) is 0 Å². The van der Waals surface area contributed by atoms with Crippen LogP contribution in [0.2, 0.25) is 0 Å². The van der Waals surface area contributed by atoms with Crippen molar-refractivity contribution in [2.24, 2.45) is 7.05 Å². The Morgan fingerprint density at radius 2 is 1.88 bits per heavy atom. The zero-order chi connectivity index (χ0) is 10.6. The third-order valence-electron chi connectivity index (χ3n) is 2.53. The van der Waals surface area contributed by atoms with Gasteiger partial charge in [-0.15, -0.1) is 18.3 Å². The molecular formula is C14H20NRu. The first-order chi connectivity index (χ1) is 6.63. The smallest absolute Gasteiger partial charge is 0.470 e. The second kappa shape index (κ2) is 8.53. The topological polar surface area (TPSA) is 4.93 Å². The van der Waals surface area contributed by atoms with E-state index in [0.717, 1.165) is 6.42 Å². The summed E-state index contributed by atoms with van der Waals surface area (Å²) < 4.78 is 2.03. The standard InChI is InChI=1S/C8H12N.C5H5.CH3.Ru/c1-6-5-9(4)8(3)7(6)2;1-2-4-5-3-1;;/h1-4H3;1-3H,4H2;1H3;/q3*-1;+3. The van der Waals surface area contributed by atoms with Crippen LogP contribution in [0.3, 0.4) is 0 Å². The molecule has 1 heterocycles. The van der Waals surface area contributed by atoms with E-state index < -0.39 is 0 Å². The number of allylic oxidation sites excluding steroid dienone is 4. The number of nitrogens with zero attached hydrogens (tertiary/aromatic N) is 1. The maximum absolute atomic E-state index is 3.19. The summed E-state index contributed by atoms with van der Waals surface area (Å²) in [5.41, 5.74) is 3.93. The number of rotatable bonds is 0. The molecule has 0 atom stereocenters. The van der Waals surface area contributed by atoms with Crippen LogP contribution in [0.4, 0.5) is 0 Å². The molecule has 1 aromatic rings. The summed E-state index contributed by atoms with van der Waals surface area (Å²) in [6.07, 6.45) is 13.2. The molecule has 89 valence electrons. The fourth-order valence-electron chi connectivity index (χ4n) is 1.28. The van der Waals surface area contributed by atoms with Gasteiger partial charge in [0.15, 0.2) is 0 Å². The molecule has 2 heteroatoms. The first kappa shape index (κ1) is 17.8. The molecule has 0 fully saturated rings. The molecule has 0 unspecified atom stereocenters. The molecule has 2 rings (SSSR count). The zero-order valence-electron chi connectivity index (χ0n) is 10.7. The summed E-state index contributed by atoms with van der Waals surface area (Å²) in [4.78, 5) is 0. The molecule has 0 aromatic carbocycles. The molecule has 1 nitrogen and oxygen atoms in total. The number of aromatic nitrogens is 1. The van der Waals surface area contributed by atoms with E-state index in [1.165, 1.54) is 16.8 Å². The molecule has 1 aromatic heterocycles. The second-order valence-corrected chi connectivity index (χ2v) is 3.51. The van der Waals surface area contributed by atoms with Gasteiger partial charge in [0.05, 0.1) is 0 Å². The second-order valence-electron chi connectivity index (χ2n) is 3.51. The van der Waals surface area contributed by atoms with E-state index in [4.69, 9.17) is 0 Å². The average molecular weight is 303 g/mol. The average Bonchev–Trinajstić information content (AvgIpc) is 2.78. The summed E-state index contributed by atoms with van der Waals surface area (Å²) in [5.74, 6) is 0. The van der Waals surface area contributed by atoms with E-state index in [-0.39, 0.29) is 26.9 Å². The molecule has 0 saturated carbocycles. The van der Waals surface area contributed by atoms with E-state index in [9.17, 15) is 0 Å². The first-order valence-corrected chi connectivity index (χ1v) is 4.86. The minimum absolute atomic E-state index is 0. The van der Waals surface area contributed by atoms with Crippen molar-refractivity contribution in [2.75, 3.05) is 0 Å².